The van der Waals surface area contributed by atoms with Crippen LogP contribution in [0.4, 0.5) is 5.69 Å². The van der Waals surface area contributed by atoms with Crippen LogP contribution in [-0.4, -0.2) is 29.4 Å². The minimum Gasteiger partial charge on any atom is -0.349 e. The summed E-state index contributed by atoms with van der Waals surface area (Å²) in [5.41, 5.74) is 0.815. The van der Waals surface area contributed by atoms with Gasteiger partial charge in [0, 0.05) is 12.4 Å². The van der Waals surface area contributed by atoms with E-state index >= 15 is 0 Å². The third-order valence-corrected chi connectivity index (χ3v) is 3.31. The van der Waals surface area contributed by atoms with Gasteiger partial charge in [0.25, 0.3) is 0 Å². The molecular weight excluding hydrogens is 286 g/mol. The van der Waals surface area contributed by atoms with Crippen LogP contribution in [-0.2, 0) is 9.59 Å². The van der Waals surface area contributed by atoms with Crippen molar-refractivity contribution in [1.29, 1.82) is 0 Å². The highest BCUT2D eigenvalue weighted by Gasteiger charge is 2.33. The van der Waals surface area contributed by atoms with Gasteiger partial charge in [0.2, 0.25) is 11.8 Å². The second kappa shape index (κ2) is 4.83. The number of aromatic nitrogens is 1. The van der Waals surface area contributed by atoms with Gasteiger partial charge in [-0.1, -0.05) is 6.92 Å². The zero-order valence-corrected chi connectivity index (χ0v) is 10.9. The van der Waals surface area contributed by atoms with E-state index in [1.54, 1.807) is 23.4 Å². The highest BCUT2D eigenvalue weighted by atomic mass is 79.9. The van der Waals surface area contributed by atoms with E-state index in [9.17, 15) is 9.59 Å². The van der Waals surface area contributed by atoms with Crippen molar-refractivity contribution in [2.45, 2.75) is 19.4 Å². The number of anilines is 1. The van der Waals surface area contributed by atoms with E-state index in [-0.39, 0.29) is 24.4 Å². The van der Waals surface area contributed by atoms with Crippen LogP contribution in [0.25, 0.3) is 0 Å². The van der Waals surface area contributed by atoms with Crippen LogP contribution in [0.3, 0.4) is 0 Å². The Morgan fingerprint density at radius 1 is 1.59 bits per heavy atom. The Morgan fingerprint density at radius 3 is 3.00 bits per heavy atom. The predicted molar refractivity (Wildman–Crippen MR) is 66.5 cm³/mol. The van der Waals surface area contributed by atoms with Crippen LogP contribution < -0.4 is 10.2 Å². The minimum atomic E-state index is -0.314. The first-order chi connectivity index (χ1) is 8.13. The van der Waals surface area contributed by atoms with E-state index in [4.69, 9.17) is 0 Å². The second-order valence-corrected chi connectivity index (χ2v) is 4.65. The molecule has 1 saturated heterocycles. The molecule has 1 atom stereocenters. The van der Waals surface area contributed by atoms with E-state index in [1.807, 2.05) is 6.92 Å². The molecule has 1 aliphatic heterocycles. The van der Waals surface area contributed by atoms with Crippen LogP contribution in [0.5, 0.6) is 0 Å². The summed E-state index contributed by atoms with van der Waals surface area (Å²) in [6, 6.07) is 1.48. The normalized spacial score (nSPS) is 20.4. The molecule has 1 aromatic rings. The summed E-state index contributed by atoms with van der Waals surface area (Å²) in [5.74, 6) is -0.518. The van der Waals surface area contributed by atoms with Gasteiger partial charge >= 0.3 is 0 Å². The number of hydrogen-bond acceptors (Lipinski definition) is 4. The fourth-order valence-corrected chi connectivity index (χ4v) is 2.40. The van der Waals surface area contributed by atoms with E-state index in [2.05, 4.69) is 26.2 Å². The van der Waals surface area contributed by atoms with Gasteiger partial charge < -0.3 is 4.90 Å². The number of nitrogens with one attached hydrogen (secondary N) is 1. The first kappa shape index (κ1) is 12.0. The third-order valence-electron chi connectivity index (χ3n) is 2.70. The first-order valence-electron chi connectivity index (χ1n) is 5.33. The van der Waals surface area contributed by atoms with E-state index in [0.29, 0.717) is 6.42 Å². The lowest BCUT2D eigenvalue weighted by Gasteiger charge is -2.35. The highest BCUT2D eigenvalue weighted by molar-refractivity contribution is 9.10. The SMILES string of the molecule is CCC1C(=O)NC(=O)CN1c1ccncc1Br. The Hall–Kier alpha value is -1.43. The van der Waals surface area contributed by atoms with Crippen molar-refractivity contribution in [2.75, 3.05) is 11.4 Å². The highest BCUT2D eigenvalue weighted by Crippen LogP contribution is 2.28. The van der Waals surface area contributed by atoms with Crippen molar-refractivity contribution in [3.8, 4) is 0 Å². The summed E-state index contributed by atoms with van der Waals surface area (Å²) in [6.07, 6.45) is 3.94. The molecule has 0 saturated carbocycles. The smallest absolute Gasteiger partial charge is 0.249 e. The van der Waals surface area contributed by atoms with Gasteiger partial charge in [-0.05, 0) is 28.4 Å². The molecule has 5 nitrogen and oxygen atoms in total. The number of hydrogen-bond donors (Lipinski definition) is 1. The molecule has 0 aromatic carbocycles. The number of pyridine rings is 1. The fraction of sp³-hybridized carbons (Fsp3) is 0.364. The molecule has 6 heteroatoms. The number of halogens is 1. The molecule has 1 aliphatic rings. The third kappa shape index (κ3) is 2.31. The lowest BCUT2D eigenvalue weighted by Crippen LogP contribution is -2.58. The summed E-state index contributed by atoms with van der Waals surface area (Å²) >= 11 is 3.38. The minimum absolute atomic E-state index is 0.187. The largest absolute Gasteiger partial charge is 0.349 e. The average molecular weight is 298 g/mol. The molecule has 90 valence electrons. The number of carbonyl (C=O) groups is 2. The Labute approximate surface area is 107 Å². The van der Waals surface area contributed by atoms with Crippen molar-refractivity contribution in [1.82, 2.24) is 10.3 Å². The Bertz CT molecular complexity index is 464. The quantitative estimate of drug-likeness (QED) is 0.830. The topological polar surface area (TPSA) is 62.3 Å². The number of piperazine rings is 1. The van der Waals surface area contributed by atoms with Crippen LogP contribution in [0.2, 0.25) is 0 Å². The number of rotatable bonds is 2. The molecule has 1 N–H and O–H groups in total. The molecule has 0 aliphatic carbocycles. The van der Waals surface area contributed by atoms with Gasteiger partial charge in [0.05, 0.1) is 16.7 Å². The summed E-state index contributed by atoms with van der Waals surface area (Å²) < 4.78 is 0.779. The Kier molecular flexibility index (Phi) is 3.42. The van der Waals surface area contributed by atoms with Crippen LogP contribution in [0.1, 0.15) is 13.3 Å². The van der Waals surface area contributed by atoms with Crippen molar-refractivity contribution >= 4 is 33.4 Å². The van der Waals surface area contributed by atoms with Gasteiger partial charge in [0.15, 0.2) is 0 Å². The maximum absolute atomic E-state index is 11.7. The predicted octanol–water partition coefficient (Wildman–Crippen LogP) is 1.09. The van der Waals surface area contributed by atoms with E-state index in [1.165, 1.54) is 0 Å². The summed E-state index contributed by atoms with van der Waals surface area (Å²) in [7, 11) is 0. The van der Waals surface area contributed by atoms with Crippen molar-refractivity contribution in [3.05, 3.63) is 22.9 Å². The maximum atomic E-state index is 11.7. The van der Waals surface area contributed by atoms with Crippen molar-refractivity contribution in [3.63, 3.8) is 0 Å². The molecule has 1 aromatic heterocycles. The molecule has 1 unspecified atom stereocenters. The first-order valence-corrected chi connectivity index (χ1v) is 6.12. The molecule has 1 fully saturated rings. The monoisotopic (exact) mass is 297 g/mol. The molecule has 0 radical (unpaired) electrons. The second-order valence-electron chi connectivity index (χ2n) is 3.79. The molecule has 0 spiro atoms. The summed E-state index contributed by atoms with van der Waals surface area (Å²) in [6.45, 7) is 2.11. The zero-order chi connectivity index (χ0) is 12.4. The number of carbonyl (C=O) groups excluding carboxylic acids is 2. The Balaban J connectivity index is 2.38. The van der Waals surface area contributed by atoms with E-state index < -0.39 is 0 Å². The van der Waals surface area contributed by atoms with Crippen LogP contribution in [0, 0.1) is 0 Å². The van der Waals surface area contributed by atoms with Crippen LogP contribution >= 0.6 is 15.9 Å². The number of imide groups is 1. The fourth-order valence-electron chi connectivity index (χ4n) is 1.93. The van der Waals surface area contributed by atoms with Gasteiger partial charge in [-0.2, -0.15) is 0 Å². The van der Waals surface area contributed by atoms with E-state index in [0.717, 1.165) is 10.2 Å². The lowest BCUT2D eigenvalue weighted by molar-refractivity contribution is -0.132. The van der Waals surface area contributed by atoms with Gasteiger partial charge in [-0.3, -0.25) is 19.9 Å². The lowest BCUT2D eigenvalue weighted by atomic mass is 10.1. The van der Waals surface area contributed by atoms with Crippen LogP contribution in [0.15, 0.2) is 22.9 Å². The number of nitrogens with zero attached hydrogens (tertiary/aromatic N) is 2. The average Bonchev–Trinajstić information content (AvgIpc) is 2.28. The summed E-state index contributed by atoms with van der Waals surface area (Å²) in [4.78, 5) is 28.9. The van der Waals surface area contributed by atoms with Crippen molar-refractivity contribution in [2.24, 2.45) is 0 Å². The molecule has 2 amide bonds. The van der Waals surface area contributed by atoms with Gasteiger partial charge in [-0.25, -0.2) is 0 Å². The Morgan fingerprint density at radius 2 is 2.35 bits per heavy atom. The molecule has 17 heavy (non-hydrogen) atoms. The molecular formula is C11H12BrN3O2. The standard InChI is InChI=1S/C11H12BrN3O2/c1-2-8-11(17)14-10(16)6-15(8)9-3-4-13-5-7(9)12/h3-5,8H,2,6H2,1H3,(H,14,16,17). The molecule has 0 bridgehead atoms. The maximum Gasteiger partial charge on any atom is 0.249 e. The van der Waals surface area contributed by atoms with Crippen molar-refractivity contribution < 1.29 is 9.59 Å². The summed E-state index contributed by atoms with van der Waals surface area (Å²) in [5, 5.41) is 2.35. The molecule has 2 rings (SSSR count). The van der Waals surface area contributed by atoms with Gasteiger partial charge in [0.1, 0.15) is 6.04 Å². The van der Waals surface area contributed by atoms with Gasteiger partial charge in [-0.15, -0.1) is 0 Å². The zero-order valence-electron chi connectivity index (χ0n) is 9.31. The number of amides is 2. The molecule has 2 heterocycles.